The molecule has 2 fully saturated rings. The van der Waals surface area contributed by atoms with Crippen LogP contribution in [0.2, 0.25) is 0 Å². The Balaban J connectivity index is 2.05. The minimum absolute atomic E-state index is 0.0288. The van der Waals surface area contributed by atoms with E-state index in [9.17, 15) is 9.59 Å². The summed E-state index contributed by atoms with van der Waals surface area (Å²) in [5.74, 6) is -0.213. The first-order valence-electron chi connectivity index (χ1n) is 5.34. The van der Waals surface area contributed by atoms with Crippen molar-refractivity contribution in [3.8, 4) is 0 Å². The van der Waals surface area contributed by atoms with Crippen LogP contribution in [0.3, 0.4) is 0 Å². The number of ketones is 1. The molecular weight excluding hydrogens is 180 g/mol. The zero-order valence-electron chi connectivity index (χ0n) is 8.54. The zero-order chi connectivity index (χ0) is 10.2. The number of hydrogen-bond acceptors (Lipinski definition) is 3. The van der Waals surface area contributed by atoms with Crippen molar-refractivity contribution in [3.63, 3.8) is 0 Å². The Bertz CT molecular complexity index is 264. The van der Waals surface area contributed by atoms with Gasteiger partial charge in [0.25, 0.3) is 0 Å². The van der Waals surface area contributed by atoms with Gasteiger partial charge in [-0.1, -0.05) is 19.3 Å². The molecule has 0 N–H and O–H groups in total. The van der Waals surface area contributed by atoms with E-state index in [-0.39, 0.29) is 17.2 Å². The Morgan fingerprint density at radius 3 is 2.50 bits per heavy atom. The molecule has 1 atom stereocenters. The van der Waals surface area contributed by atoms with E-state index < -0.39 is 6.10 Å². The van der Waals surface area contributed by atoms with Gasteiger partial charge in [0, 0.05) is 18.8 Å². The van der Waals surface area contributed by atoms with Crippen molar-refractivity contribution >= 4 is 11.8 Å². The van der Waals surface area contributed by atoms with E-state index in [1.807, 2.05) is 0 Å². The Morgan fingerprint density at radius 1 is 1.36 bits per heavy atom. The summed E-state index contributed by atoms with van der Waals surface area (Å²) in [6.07, 6.45) is 5.91. The third-order valence-corrected chi connectivity index (χ3v) is 3.51. The van der Waals surface area contributed by atoms with Crippen molar-refractivity contribution < 1.29 is 14.3 Å². The fraction of sp³-hybridized carbons (Fsp3) is 0.818. The molecule has 14 heavy (non-hydrogen) atoms. The molecule has 0 aromatic rings. The van der Waals surface area contributed by atoms with Crippen LogP contribution >= 0.6 is 0 Å². The van der Waals surface area contributed by atoms with E-state index in [4.69, 9.17) is 4.74 Å². The standard InChI is InChI=1S/C11H16O3/c1-8(12)14-10-9(13)7-11(10)5-3-2-4-6-11/h10H,2-7H2,1H3. The summed E-state index contributed by atoms with van der Waals surface area (Å²) >= 11 is 0. The molecule has 0 heterocycles. The topological polar surface area (TPSA) is 43.4 Å². The van der Waals surface area contributed by atoms with E-state index in [1.165, 1.54) is 26.2 Å². The molecule has 2 aliphatic rings. The van der Waals surface area contributed by atoms with Crippen LogP contribution in [-0.2, 0) is 14.3 Å². The molecule has 0 aromatic carbocycles. The molecule has 0 radical (unpaired) electrons. The van der Waals surface area contributed by atoms with Gasteiger partial charge in [0.1, 0.15) is 0 Å². The highest BCUT2D eigenvalue weighted by molar-refractivity contribution is 5.93. The average molecular weight is 196 g/mol. The monoisotopic (exact) mass is 196 g/mol. The Hall–Kier alpha value is -0.860. The molecule has 0 amide bonds. The zero-order valence-corrected chi connectivity index (χ0v) is 8.54. The maximum atomic E-state index is 11.4. The number of carbonyl (C=O) groups is 2. The summed E-state index contributed by atoms with van der Waals surface area (Å²) in [5, 5.41) is 0. The van der Waals surface area contributed by atoms with Crippen molar-refractivity contribution in [2.45, 2.75) is 51.6 Å². The number of Topliss-reactive ketones (excluding diaryl/α,β-unsaturated/α-hetero) is 1. The van der Waals surface area contributed by atoms with Crippen LogP contribution < -0.4 is 0 Å². The maximum absolute atomic E-state index is 11.4. The summed E-state index contributed by atoms with van der Waals surface area (Å²) in [6, 6.07) is 0. The van der Waals surface area contributed by atoms with Crippen molar-refractivity contribution in [1.82, 2.24) is 0 Å². The normalized spacial score (nSPS) is 29.8. The van der Waals surface area contributed by atoms with E-state index >= 15 is 0 Å². The van der Waals surface area contributed by atoms with E-state index in [1.54, 1.807) is 0 Å². The maximum Gasteiger partial charge on any atom is 0.303 e. The largest absolute Gasteiger partial charge is 0.454 e. The van der Waals surface area contributed by atoms with E-state index in [2.05, 4.69) is 0 Å². The second kappa shape index (κ2) is 3.37. The highest BCUT2D eigenvalue weighted by atomic mass is 16.5. The molecule has 2 rings (SSSR count). The molecule has 2 saturated carbocycles. The lowest BCUT2D eigenvalue weighted by Crippen LogP contribution is -2.56. The van der Waals surface area contributed by atoms with Gasteiger partial charge in [0.2, 0.25) is 0 Å². The number of rotatable bonds is 1. The SMILES string of the molecule is CC(=O)OC1C(=O)CC12CCCCC2. The number of hydrogen-bond donors (Lipinski definition) is 0. The van der Waals surface area contributed by atoms with Crippen LogP contribution in [0.15, 0.2) is 0 Å². The quantitative estimate of drug-likeness (QED) is 0.601. The summed E-state index contributed by atoms with van der Waals surface area (Å²) in [5.41, 5.74) is 0.0288. The average Bonchev–Trinajstić information content (AvgIpc) is 2.16. The summed E-state index contributed by atoms with van der Waals surface area (Å²) in [7, 11) is 0. The second-order valence-corrected chi connectivity index (χ2v) is 4.56. The second-order valence-electron chi connectivity index (χ2n) is 4.56. The van der Waals surface area contributed by atoms with Gasteiger partial charge >= 0.3 is 5.97 Å². The number of esters is 1. The fourth-order valence-electron chi connectivity index (χ4n) is 2.79. The highest BCUT2D eigenvalue weighted by Crippen LogP contribution is 2.51. The third kappa shape index (κ3) is 1.45. The molecule has 3 nitrogen and oxygen atoms in total. The van der Waals surface area contributed by atoms with Crippen LogP contribution in [-0.4, -0.2) is 17.9 Å². The van der Waals surface area contributed by atoms with E-state index in [0.29, 0.717) is 6.42 Å². The Kier molecular flexibility index (Phi) is 2.33. The summed E-state index contributed by atoms with van der Waals surface area (Å²) < 4.78 is 5.10. The van der Waals surface area contributed by atoms with Crippen molar-refractivity contribution in [3.05, 3.63) is 0 Å². The van der Waals surface area contributed by atoms with Crippen LogP contribution in [0.4, 0.5) is 0 Å². The number of ether oxygens (including phenoxy) is 1. The van der Waals surface area contributed by atoms with Crippen LogP contribution in [0.25, 0.3) is 0 Å². The molecule has 0 saturated heterocycles. The van der Waals surface area contributed by atoms with E-state index in [0.717, 1.165) is 12.8 Å². The molecule has 0 bridgehead atoms. The summed E-state index contributed by atoms with van der Waals surface area (Å²) in [4.78, 5) is 22.2. The molecule has 1 unspecified atom stereocenters. The predicted molar refractivity (Wildman–Crippen MR) is 50.7 cm³/mol. The minimum atomic E-state index is -0.416. The Morgan fingerprint density at radius 2 is 2.00 bits per heavy atom. The van der Waals surface area contributed by atoms with Gasteiger partial charge in [-0.05, 0) is 12.8 Å². The lowest BCUT2D eigenvalue weighted by molar-refractivity contribution is -0.180. The van der Waals surface area contributed by atoms with Crippen molar-refractivity contribution in [2.75, 3.05) is 0 Å². The lowest BCUT2D eigenvalue weighted by atomic mass is 9.58. The molecule has 1 spiro atoms. The van der Waals surface area contributed by atoms with Crippen molar-refractivity contribution in [1.29, 1.82) is 0 Å². The smallest absolute Gasteiger partial charge is 0.303 e. The number of carbonyl (C=O) groups excluding carboxylic acids is 2. The first-order valence-corrected chi connectivity index (χ1v) is 5.34. The van der Waals surface area contributed by atoms with Crippen LogP contribution in [0, 0.1) is 5.41 Å². The van der Waals surface area contributed by atoms with Crippen molar-refractivity contribution in [2.24, 2.45) is 5.41 Å². The van der Waals surface area contributed by atoms with Gasteiger partial charge < -0.3 is 4.74 Å². The minimum Gasteiger partial charge on any atom is -0.454 e. The fourth-order valence-corrected chi connectivity index (χ4v) is 2.79. The van der Waals surface area contributed by atoms with Crippen LogP contribution in [0.1, 0.15) is 45.4 Å². The summed E-state index contributed by atoms with van der Waals surface area (Å²) in [6.45, 7) is 1.38. The van der Waals surface area contributed by atoms with Gasteiger partial charge in [-0.2, -0.15) is 0 Å². The molecule has 2 aliphatic carbocycles. The molecule has 0 aromatic heterocycles. The van der Waals surface area contributed by atoms with Gasteiger partial charge in [-0.3, -0.25) is 9.59 Å². The predicted octanol–water partition coefficient (Wildman–Crippen LogP) is 1.84. The van der Waals surface area contributed by atoms with Crippen LogP contribution in [0.5, 0.6) is 0 Å². The highest BCUT2D eigenvalue weighted by Gasteiger charge is 2.55. The lowest BCUT2D eigenvalue weighted by Gasteiger charge is -2.49. The molecule has 0 aliphatic heterocycles. The first-order chi connectivity index (χ1) is 6.64. The molecular formula is C11H16O3. The third-order valence-electron chi connectivity index (χ3n) is 3.51. The van der Waals surface area contributed by atoms with Gasteiger partial charge in [-0.25, -0.2) is 0 Å². The first kappa shape index (κ1) is 9.69. The Labute approximate surface area is 83.8 Å². The molecule has 78 valence electrons. The van der Waals surface area contributed by atoms with Gasteiger partial charge in [0.05, 0.1) is 0 Å². The van der Waals surface area contributed by atoms with Gasteiger partial charge in [-0.15, -0.1) is 0 Å². The molecule has 3 heteroatoms. The van der Waals surface area contributed by atoms with Gasteiger partial charge in [0.15, 0.2) is 11.9 Å².